The van der Waals surface area contributed by atoms with E-state index >= 15 is 0 Å². The molecule has 15 aromatic rings. The maximum Gasteiger partial charge on any atom is 0.0468 e. The zero-order chi connectivity index (χ0) is 55.1. The van der Waals surface area contributed by atoms with Crippen LogP contribution in [-0.4, -0.2) is 0 Å². The summed E-state index contributed by atoms with van der Waals surface area (Å²) in [5, 5.41) is 11.9. The lowest BCUT2D eigenvalue weighted by Gasteiger charge is -2.28. The van der Waals surface area contributed by atoms with Gasteiger partial charge in [0.25, 0.3) is 0 Å². The fourth-order valence-corrected chi connectivity index (χ4v) is 12.5. The average Bonchev–Trinajstić information content (AvgIpc) is 2.12. The molecular formula is C80H55N3. The third-order valence-corrected chi connectivity index (χ3v) is 16.3. The summed E-state index contributed by atoms with van der Waals surface area (Å²) >= 11 is 0. The van der Waals surface area contributed by atoms with E-state index in [0.717, 1.165) is 78.6 Å². The molecule has 0 aliphatic rings. The van der Waals surface area contributed by atoms with E-state index in [9.17, 15) is 0 Å². The number of hydrogen-bond donors (Lipinski definition) is 0. The molecule has 0 aliphatic heterocycles. The van der Waals surface area contributed by atoms with Gasteiger partial charge in [-0.2, -0.15) is 0 Å². The van der Waals surface area contributed by atoms with Gasteiger partial charge in [0.15, 0.2) is 0 Å². The molecule has 0 N–H and O–H groups in total. The predicted molar refractivity (Wildman–Crippen MR) is 354 cm³/mol. The van der Waals surface area contributed by atoms with Crippen molar-refractivity contribution in [2.24, 2.45) is 0 Å². The quantitative estimate of drug-likeness (QED) is 0.113. The minimum atomic E-state index is 1.06. The lowest BCUT2D eigenvalue weighted by molar-refractivity contribution is 1.28. The van der Waals surface area contributed by atoms with E-state index in [2.05, 4.69) is 348 Å². The number of rotatable bonds is 12. The van der Waals surface area contributed by atoms with Gasteiger partial charge in [0.05, 0.1) is 0 Å². The Hall–Kier alpha value is -11.0. The zero-order valence-electron chi connectivity index (χ0n) is 45.6. The van der Waals surface area contributed by atoms with Gasteiger partial charge >= 0.3 is 0 Å². The Kier molecular flexibility index (Phi) is 12.6. The molecule has 3 nitrogen and oxygen atoms in total. The zero-order valence-corrected chi connectivity index (χ0v) is 45.6. The van der Waals surface area contributed by atoms with Crippen LogP contribution in [0, 0.1) is 0 Å². The Morgan fingerprint density at radius 2 is 0.482 bits per heavy atom. The minimum Gasteiger partial charge on any atom is -0.311 e. The van der Waals surface area contributed by atoms with Gasteiger partial charge in [-0.25, -0.2) is 0 Å². The van der Waals surface area contributed by atoms with Gasteiger partial charge in [0.2, 0.25) is 0 Å². The maximum absolute atomic E-state index is 2.46. The monoisotopic (exact) mass is 1060 g/mol. The van der Waals surface area contributed by atoms with Crippen molar-refractivity contribution >= 4 is 105 Å². The molecule has 15 aromatic carbocycles. The fourth-order valence-electron chi connectivity index (χ4n) is 12.5. The third-order valence-electron chi connectivity index (χ3n) is 16.3. The van der Waals surface area contributed by atoms with E-state index in [4.69, 9.17) is 0 Å². The van der Waals surface area contributed by atoms with Crippen LogP contribution in [-0.2, 0) is 0 Å². The Labute approximate surface area is 484 Å². The minimum absolute atomic E-state index is 1.06. The third kappa shape index (κ3) is 9.07. The molecule has 0 spiro atoms. The molecule has 0 fully saturated rings. The Bertz CT molecular complexity index is 4780. The molecule has 0 amide bonds. The average molecular weight is 1060 g/mol. The Morgan fingerprint density at radius 3 is 0.916 bits per heavy atom. The van der Waals surface area contributed by atoms with Gasteiger partial charge < -0.3 is 14.7 Å². The number of anilines is 9. The van der Waals surface area contributed by atoms with E-state index < -0.39 is 0 Å². The molecule has 0 unspecified atom stereocenters. The van der Waals surface area contributed by atoms with Gasteiger partial charge in [0.1, 0.15) is 0 Å². The van der Waals surface area contributed by atoms with Gasteiger partial charge in [-0.15, -0.1) is 0 Å². The number of benzene rings is 15. The van der Waals surface area contributed by atoms with Crippen LogP contribution in [0.15, 0.2) is 334 Å². The molecule has 83 heavy (non-hydrogen) atoms. The molecule has 0 aliphatic carbocycles. The first kappa shape index (κ1) is 49.1. The van der Waals surface area contributed by atoms with Crippen LogP contribution in [0.25, 0.3) is 87.2 Å². The smallest absolute Gasteiger partial charge is 0.0468 e. The van der Waals surface area contributed by atoms with Crippen LogP contribution in [0.3, 0.4) is 0 Å². The highest BCUT2D eigenvalue weighted by Crippen LogP contribution is 2.52. The molecular weight excluding hydrogens is 1000 g/mol. The van der Waals surface area contributed by atoms with Gasteiger partial charge in [-0.05, 0) is 203 Å². The summed E-state index contributed by atoms with van der Waals surface area (Å²) in [5.41, 5.74) is 16.7. The summed E-state index contributed by atoms with van der Waals surface area (Å²) in [4.78, 5) is 7.16. The number of nitrogens with zero attached hydrogens (tertiary/aromatic N) is 3. The van der Waals surface area contributed by atoms with Crippen LogP contribution in [0.1, 0.15) is 0 Å². The van der Waals surface area contributed by atoms with Crippen molar-refractivity contribution in [2.75, 3.05) is 14.7 Å². The van der Waals surface area contributed by atoms with Gasteiger partial charge in [0, 0.05) is 51.2 Å². The first-order valence-corrected chi connectivity index (χ1v) is 28.5. The lowest BCUT2D eigenvalue weighted by atomic mass is 9.81. The van der Waals surface area contributed by atoms with Crippen LogP contribution >= 0.6 is 0 Å². The van der Waals surface area contributed by atoms with Crippen molar-refractivity contribution in [3.05, 3.63) is 334 Å². The molecule has 0 radical (unpaired) electrons. The van der Waals surface area contributed by atoms with E-state index in [-0.39, 0.29) is 0 Å². The largest absolute Gasteiger partial charge is 0.311 e. The second kappa shape index (κ2) is 21.2. The Morgan fingerprint density at radius 1 is 0.169 bits per heavy atom. The molecule has 15 rings (SSSR count). The number of fused-ring (bicyclic) bond motifs is 8. The highest BCUT2D eigenvalue weighted by molar-refractivity contribution is 6.33. The Balaban J connectivity index is 1.06. The molecule has 0 saturated heterocycles. The number of para-hydroxylation sites is 4. The highest BCUT2D eigenvalue weighted by Gasteiger charge is 2.25. The summed E-state index contributed by atoms with van der Waals surface area (Å²) in [5.74, 6) is 0. The second-order valence-electron chi connectivity index (χ2n) is 21.2. The maximum atomic E-state index is 2.46. The van der Waals surface area contributed by atoms with Crippen LogP contribution in [0.2, 0.25) is 0 Å². The molecule has 390 valence electrons. The topological polar surface area (TPSA) is 9.72 Å². The normalized spacial score (nSPS) is 11.4. The van der Waals surface area contributed by atoms with Crippen molar-refractivity contribution in [1.82, 2.24) is 0 Å². The van der Waals surface area contributed by atoms with Gasteiger partial charge in [-0.1, -0.05) is 218 Å². The molecule has 0 heterocycles. The highest BCUT2D eigenvalue weighted by atomic mass is 15.2. The number of hydrogen-bond acceptors (Lipinski definition) is 3. The van der Waals surface area contributed by atoms with Crippen LogP contribution < -0.4 is 14.7 Å². The van der Waals surface area contributed by atoms with Crippen LogP contribution in [0.5, 0.6) is 0 Å². The van der Waals surface area contributed by atoms with Crippen molar-refractivity contribution in [3.63, 3.8) is 0 Å². The van der Waals surface area contributed by atoms with E-state index in [1.165, 1.54) is 59.8 Å². The van der Waals surface area contributed by atoms with Crippen molar-refractivity contribution in [1.29, 1.82) is 0 Å². The van der Waals surface area contributed by atoms with Crippen molar-refractivity contribution in [3.8, 4) is 33.4 Å². The molecule has 3 heteroatoms. The fraction of sp³-hybridized carbons (Fsp3) is 0. The molecule has 0 saturated carbocycles. The lowest BCUT2D eigenvalue weighted by Crippen LogP contribution is -2.10. The first-order valence-electron chi connectivity index (χ1n) is 28.5. The van der Waals surface area contributed by atoms with Gasteiger partial charge in [-0.3, -0.25) is 0 Å². The van der Waals surface area contributed by atoms with E-state index in [1.807, 2.05) is 0 Å². The first-order chi connectivity index (χ1) is 41.2. The summed E-state index contributed by atoms with van der Waals surface area (Å²) in [6, 6.07) is 122. The SMILES string of the molecule is c1ccc(-c2cc(-c3ccccc3)c3c4ccc(N(c5ccccc5)c5ccc6ccccc6c5)cc4c4cc(N(c5ccccc5)c5ccc6ccccc6c5)ccc4c3c2-c2ccc(N(c3ccccc3)c3ccccc3)cc2)cc1. The van der Waals surface area contributed by atoms with Crippen molar-refractivity contribution < 1.29 is 0 Å². The van der Waals surface area contributed by atoms with E-state index in [1.54, 1.807) is 0 Å². The summed E-state index contributed by atoms with van der Waals surface area (Å²) in [6.45, 7) is 0. The summed E-state index contributed by atoms with van der Waals surface area (Å²) in [6.07, 6.45) is 0. The predicted octanol–water partition coefficient (Wildman–Crippen LogP) is 22.9. The summed E-state index contributed by atoms with van der Waals surface area (Å²) < 4.78 is 0. The molecule has 0 aromatic heterocycles. The van der Waals surface area contributed by atoms with E-state index in [0.29, 0.717) is 0 Å². The van der Waals surface area contributed by atoms with Crippen molar-refractivity contribution in [2.45, 2.75) is 0 Å². The molecule has 0 atom stereocenters. The standard InChI is InChI=1S/C80H55N3/c1-7-25-58(26-8-1)74-55-75(59-27-9-2-10-28-59)79-72-49-47-70(82(65-35-15-5-16-36-65)68-45-39-56-23-19-21-29-61(56)51-68)53-76(72)77-54-71(83(66-37-17-6-18-38-66)69-46-40-57-24-20-22-30-62(57)52-69)48-50-73(77)80(79)78(74)60-41-43-67(44-42-60)81(63-31-11-3-12-32-63)64-33-13-4-14-34-64/h1-55H. The van der Waals surface area contributed by atoms with Crippen LogP contribution in [0.4, 0.5) is 51.2 Å². The summed E-state index contributed by atoms with van der Waals surface area (Å²) in [7, 11) is 0. The second-order valence-corrected chi connectivity index (χ2v) is 21.2. The molecule has 0 bridgehead atoms.